The Bertz CT molecular complexity index is 221. The highest BCUT2D eigenvalue weighted by atomic mass is 32.3. The van der Waals surface area contributed by atoms with Crippen LogP contribution in [-0.2, 0) is 23.5 Å². The predicted molar refractivity (Wildman–Crippen MR) is 47.6 cm³/mol. The molecule has 0 spiro atoms. The van der Waals surface area contributed by atoms with Gasteiger partial charge in [-0.25, -0.2) is 4.18 Å². The van der Waals surface area contributed by atoms with Crippen LogP contribution in [-0.4, -0.2) is 34.3 Å². The first-order valence-corrected chi connectivity index (χ1v) is 5.31. The lowest BCUT2D eigenvalue weighted by Crippen LogP contribution is -2.22. The van der Waals surface area contributed by atoms with Gasteiger partial charge >= 0.3 is 10.4 Å². The molecule has 0 aromatic carbocycles. The maximum absolute atomic E-state index is 10.8. The Morgan fingerprint density at radius 2 is 1.77 bits per heavy atom. The molecule has 13 heavy (non-hydrogen) atoms. The van der Waals surface area contributed by atoms with Crippen molar-refractivity contribution in [2.45, 2.75) is 33.0 Å². The summed E-state index contributed by atoms with van der Waals surface area (Å²) in [5, 5.41) is 0. The lowest BCUT2D eigenvalue weighted by atomic mass is 10.4. The van der Waals surface area contributed by atoms with Crippen molar-refractivity contribution in [1.82, 2.24) is 0 Å². The largest absolute Gasteiger partial charge is 0.399 e. The van der Waals surface area contributed by atoms with E-state index in [0.717, 1.165) is 7.11 Å². The third-order valence-corrected chi connectivity index (χ3v) is 2.12. The minimum Gasteiger partial charge on any atom is -0.376 e. The molecule has 0 saturated heterocycles. The van der Waals surface area contributed by atoms with Crippen LogP contribution in [0.2, 0.25) is 0 Å². The summed E-state index contributed by atoms with van der Waals surface area (Å²) in [7, 11) is -2.80. The van der Waals surface area contributed by atoms with Crippen LogP contribution in [0.25, 0.3) is 0 Å². The van der Waals surface area contributed by atoms with Gasteiger partial charge in [0.05, 0.1) is 25.9 Å². The summed E-state index contributed by atoms with van der Waals surface area (Å²) in [5.41, 5.74) is 0. The van der Waals surface area contributed by atoms with Crippen molar-refractivity contribution in [3.05, 3.63) is 0 Å². The fraction of sp³-hybridized carbons (Fsp3) is 1.00. The molecule has 80 valence electrons. The van der Waals surface area contributed by atoms with Gasteiger partial charge in [-0.2, -0.15) is 8.42 Å². The van der Waals surface area contributed by atoms with E-state index in [4.69, 9.17) is 4.74 Å². The molecule has 0 aromatic heterocycles. The van der Waals surface area contributed by atoms with E-state index in [1.165, 1.54) is 0 Å². The van der Waals surface area contributed by atoms with Gasteiger partial charge in [-0.05, 0) is 20.8 Å². The number of hydrogen-bond donors (Lipinski definition) is 0. The van der Waals surface area contributed by atoms with Gasteiger partial charge in [0, 0.05) is 0 Å². The van der Waals surface area contributed by atoms with Crippen molar-refractivity contribution in [2.24, 2.45) is 0 Å². The second-order valence-electron chi connectivity index (χ2n) is 2.86. The zero-order valence-electron chi connectivity index (χ0n) is 8.31. The minimum absolute atomic E-state index is 0.0521. The van der Waals surface area contributed by atoms with Crippen molar-refractivity contribution >= 4 is 10.4 Å². The predicted octanol–water partition coefficient (Wildman–Crippen LogP) is 0.708. The van der Waals surface area contributed by atoms with Crippen LogP contribution < -0.4 is 0 Å². The first-order valence-electron chi connectivity index (χ1n) is 3.98. The molecule has 0 rings (SSSR count). The van der Waals surface area contributed by atoms with Crippen LogP contribution >= 0.6 is 0 Å². The van der Waals surface area contributed by atoms with Crippen LogP contribution in [0.3, 0.4) is 0 Å². The van der Waals surface area contributed by atoms with Crippen molar-refractivity contribution in [1.29, 1.82) is 0 Å². The summed E-state index contributed by atoms with van der Waals surface area (Å²) in [6.07, 6.45) is -0.483. The number of ether oxygens (including phenoxy) is 1. The van der Waals surface area contributed by atoms with Crippen LogP contribution in [0.1, 0.15) is 20.8 Å². The molecule has 0 heterocycles. The lowest BCUT2D eigenvalue weighted by molar-refractivity contribution is 0.0202. The molecule has 0 radical (unpaired) electrons. The normalized spacial score (nSPS) is 14.8. The molecule has 1 unspecified atom stereocenters. The molecule has 5 nitrogen and oxygen atoms in total. The van der Waals surface area contributed by atoms with Crippen molar-refractivity contribution in [3.63, 3.8) is 0 Å². The third-order valence-electron chi connectivity index (χ3n) is 1.15. The quantitative estimate of drug-likeness (QED) is 0.648. The van der Waals surface area contributed by atoms with Gasteiger partial charge in [0.25, 0.3) is 0 Å². The highest BCUT2D eigenvalue weighted by Gasteiger charge is 2.15. The summed E-state index contributed by atoms with van der Waals surface area (Å²) >= 11 is 0. The van der Waals surface area contributed by atoms with Gasteiger partial charge < -0.3 is 4.74 Å². The Hall–Kier alpha value is -0.170. The zero-order valence-corrected chi connectivity index (χ0v) is 9.13. The fourth-order valence-corrected chi connectivity index (χ4v) is 1.13. The van der Waals surface area contributed by atoms with Gasteiger partial charge in [0.1, 0.15) is 0 Å². The first-order chi connectivity index (χ1) is 5.87. The molecule has 6 heteroatoms. The number of hydrogen-bond acceptors (Lipinski definition) is 5. The molecule has 0 aliphatic rings. The molecule has 0 aliphatic carbocycles. The van der Waals surface area contributed by atoms with Crippen LogP contribution in [0.5, 0.6) is 0 Å². The molecule has 0 N–H and O–H groups in total. The van der Waals surface area contributed by atoms with Crippen molar-refractivity contribution < 1.29 is 21.5 Å². The maximum Gasteiger partial charge on any atom is 0.399 e. The Labute approximate surface area is 79.3 Å². The van der Waals surface area contributed by atoms with Crippen LogP contribution in [0.15, 0.2) is 0 Å². The van der Waals surface area contributed by atoms with Gasteiger partial charge in [-0.1, -0.05) is 0 Å². The lowest BCUT2D eigenvalue weighted by Gasteiger charge is -2.13. The molecule has 0 saturated carbocycles. The monoisotopic (exact) mass is 212 g/mol. The van der Waals surface area contributed by atoms with Crippen molar-refractivity contribution in [3.8, 4) is 0 Å². The van der Waals surface area contributed by atoms with Gasteiger partial charge in [-0.15, -0.1) is 0 Å². The average molecular weight is 212 g/mol. The highest BCUT2D eigenvalue weighted by Crippen LogP contribution is 2.02. The van der Waals surface area contributed by atoms with Crippen molar-refractivity contribution in [2.75, 3.05) is 13.7 Å². The molecule has 0 aromatic rings. The van der Waals surface area contributed by atoms with E-state index < -0.39 is 16.5 Å². The smallest absolute Gasteiger partial charge is 0.376 e. The maximum atomic E-state index is 10.8. The fourth-order valence-electron chi connectivity index (χ4n) is 0.596. The SMILES string of the molecule is COS(=O)(=O)OC(C)COC(C)C. The molecule has 0 fully saturated rings. The number of rotatable bonds is 6. The second kappa shape index (κ2) is 5.54. The summed E-state index contributed by atoms with van der Waals surface area (Å²) in [5.74, 6) is 0. The summed E-state index contributed by atoms with van der Waals surface area (Å²) in [4.78, 5) is 0. The zero-order chi connectivity index (χ0) is 10.5. The molecule has 1 atom stereocenters. The Kier molecular flexibility index (Phi) is 5.46. The van der Waals surface area contributed by atoms with Gasteiger partial charge in [-0.3, -0.25) is 4.18 Å². The average Bonchev–Trinajstić information content (AvgIpc) is 2.00. The Morgan fingerprint density at radius 1 is 1.23 bits per heavy atom. The Balaban J connectivity index is 3.81. The first kappa shape index (κ1) is 12.8. The van der Waals surface area contributed by atoms with E-state index >= 15 is 0 Å². The molecule has 0 aliphatic heterocycles. The Morgan fingerprint density at radius 3 is 2.15 bits per heavy atom. The van der Waals surface area contributed by atoms with E-state index in [2.05, 4.69) is 8.37 Å². The van der Waals surface area contributed by atoms with E-state index in [1.807, 2.05) is 13.8 Å². The van der Waals surface area contributed by atoms with Crippen LogP contribution in [0.4, 0.5) is 0 Å². The molecule has 0 bridgehead atoms. The highest BCUT2D eigenvalue weighted by molar-refractivity contribution is 7.81. The van der Waals surface area contributed by atoms with E-state index in [0.29, 0.717) is 0 Å². The van der Waals surface area contributed by atoms with Gasteiger partial charge in [0.15, 0.2) is 0 Å². The van der Waals surface area contributed by atoms with E-state index in [9.17, 15) is 8.42 Å². The van der Waals surface area contributed by atoms with Crippen LogP contribution in [0, 0.1) is 0 Å². The summed E-state index contributed by atoms with van der Waals surface area (Å²) in [6.45, 7) is 5.54. The summed E-state index contributed by atoms with van der Waals surface area (Å²) < 4.78 is 35.3. The molecular formula is C7H16O5S. The summed E-state index contributed by atoms with van der Waals surface area (Å²) in [6, 6.07) is 0. The molecule has 0 amide bonds. The second-order valence-corrected chi connectivity index (χ2v) is 4.21. The molecular weight excluding hydrogens is 196 g/mol. The van der Waals surface area contributed by atoms with Gasteiger partial charge in [0.2, 0.25) is 0 Å². The standard InChI is InChI=1S/C7H16O5S/c1-6(2)11-5-7(3)12-13(8,9)10-4/h6-7H,5H2,1-4H3. The van der Waals surface area contributed by atoms with E-state index in [-0.39, 0.29) is 12.7 Å². The van der Waals surface area contributed by atoms with E-state index in [1.54, 1.807) is 6.92 Å². The third kappa shape index (κ3) is 6.94. The minimum atomic E-state index is -3.85. The topological polar surface area (TPSA) is 61.8 Å².